The molecule has 0 bridgehead atoms. The molecule has 0 aliphatic carbocycles. The fraction of sp³-hybridized carbons (Fsp3) is 0.640. The van der Waals surface area contributed by atoms with Crippen LogP contribution in [0.2, 0.25) is 0 Å². The van der Waals surface area contributed by atoms with E-state index in [4.69, 9.17) is 36.5 Å². The van der Waals surface area contributed by atoms with Crippen LogP contribution in [0.15, 0.2) is 34.1 Å². The predicted molar refractivity (Wildman–Crippen MR) is 170 cm³/mol. The third-order valence-electron chi connectivity index (χ3n) is 7.27. The fourth-order valence-corrected chi connectivity index (χ4v) is 4.65. The number of aromatic nitrogens is 4. The minimum absolute atomic E-state index is 0. The van der Waals surface area contributed by atoms with Crippen LogP contribution >= 0.6 is 37.2 Å². The van der Waals surface area contributed by atoms with E-state index in [1.807, 2.05) is 0 Å². The van der Waals surface area contributed by atoms with Crippen LogP contribution in [0.25, 0.3) is 0 Å². The summed E-state index contributed by atoms with van der Waals surface area (Å²) in [6.07, 6.45) is -4.26. The van der Waals surface area contributed by atoms with Gasteiger partial charge in [-0.1, -0.05) is 13.8 Å². The minimum atomic E-state index is -1.80. The van der Waals surface area contributed by atoms with Crippen molar-refractivity contribution in [3.63, 3.8) is 0 Å². The first kappa shape index (κ1) is 43.4. The van der Waals surface area contributed by atoms with E-state index in [0.29, 0.717) is 0 Å². The molecule has 0 spiro atoms. The second-order valence-electron chi connectivity index (χ2n) is 11.0. The largest absolute Gasteiger partial charge is 0.455 e. The molecule has 264 valence electrons. The molecule has 4 heterocycles. The highest BCUT2D eigenvalue weighted by Crippen LogP contribution is 2.40. The van der Waals surface area contributed by atoms with Gasteiger partial charge in [-0.3, -0.25) is 13.9 Å². The minimum Gasteiger partial charge on any atom is -0.455 e. The molecular weight excluding hydrogens is 681 g/mol. The van der Waals surface area contributed by atoms with Gasteiger partial charge in [0.15, 0.2) is 18.6 Å². The summed E-state index contributed by atoms with van der Waals surface area (Å²) < 4.78 is 18.2. The molecule has 4 rings (SSSR count). The van der Waals surface area contributed by atoms with E-state index in [-0.39, 0.29) is 54.8 Å². The maximum atomic E-state index is 12.2. The summed E-state index contributed by atoms with van der Waals surface area (Å²) in [5.74, 6) is -0.838. The van der Waals surface area contributed by atoms with Crippen molar-refractivity contribution in [2.24, 2.45) is 11.7 Å². The summed E-state index contributed by atoms with van der Waals surface area (Å²) in [6, 6.07) is 1.84. The highest BCUT2D eigenvalue weighted by molar-refractivity contribution is 5.86. The Morgan fingerprint density at radius 1 is 0.913 bits per heavy atom. The summed E-state index contributed by atoms with van der Waals surface area (Å²) in [5.41, 5.74) is 11.6. The summed E-state index contributed by atoms with van der Waals surface area (Å²) in [6.45, 7) is 5.17. The number of anilines is 2. The third kappa shape index (κ3) is 8.84. The fourth-order valence-electron chi connectivity index (χ4n) is 4.65. The zero-order valence-corrected chi connectivity index (χ0v) is 27.7. The molecule has 2 fully saturated rings. The average molecular weight is 723 g/mol. The summed E-state index contributed by atoms with van der Waals surface area (Å²) in [4.78, 5) is 42.9. The van der Waals surface area contributed by atoms with Crippen molar-refractivity contribution in [1.29, 1.82) is 0 Å². The molecule has 2 aromatic heterocycles. The van der Waals surface area contributed by atoms with E-state index in [0.717, 1.165) is 9.13 Å². The van der Waals surface area contributed by atoms with Crippen LogP contribution in [0.1, 0.15) is 40.2 Å². The molecule has 18 nitrogen and oxygen atoms in total. The number of nitrogens with zero attached hydrogens (tertiary/aromatic N) is 4. The van der Waals surface area contributed by atoms with E-state index in [1.165, 1.54) is 38.4 Å². The Kier molecular flexibility index (Phi) is 16.0. The Hall–Kier alpha value is -2.62. The Bertz CT molecular complexity index is 1410. The van der Waals surface area contributed by atoms with Crippen molar-refractivity contribution < 1.29 is 44.5 Å². The lowest BCUT2D eigenvalue weighted by Gasteiger charge is -2.30. The van der Waals surface area contributed by atoms with E-state index < -0.39 is 84.7 Å². The summed E-state index contributed by atoms with van der Waals surface area (Å²) in [5, 5.41) is 49.4. The van der Waals surface area contributed by atoms with E-state index in [9.17, 15) is 34.8 Å². The predicted octanol–water partition coefficient (Wildman–Crippen LogP) is -2.55. The van der Waals surface area contributed by atoms with Crippen LogP contribution in [0.3, 0.4) is 0 Å². The number of carbonyl (C=O) groups is 1. The van der Waals surface area contributed by atoms with Crippen LogP contribution in [0, 0.1) is 5.92 Å². The molecule has 2 saturated heterocycles. The second kappa shape index (κ2) is 17.0. The molecule has 0 amide bonds. The van der Waals surface area contributed by atoms with Crippen molar-refractivity contribution in [3.8, 4) is 0 Å². The Morgan fingerprint density at radius 2 is 1.33 bits per heavy atom. The van der Waals surface area contributed by atoms with Crippen molar-refractivity contribution >= 4 is 54.8 Å². The first-order valence-corrected chi connectivity index (χ1v) is 13.3. The highest BCUT2D eigenvalue weighted by Gasteiger charge is 2.56. The molecule has 11 N–H and O–H groups in total. The lowest BCUT2D eigenvalue weighted by molar-refractivity contribution is -0.166. The molecule has 2 aliphatic heterocycles. The zero-order chi connectivity index (χ0) is 32.4. The van der Waals surface area contributed by atoms with Crippen LogP contribution in [-0.2, 0) is 19.0 Å². The smallest absolute Gasteiger partial charge is 0.351 e. The molecule has 0 saturated carbocycles. The van der Waals surface area contributed by atoms with Crippen LogP contribution < -0.4 is 28.6 Å². The number of aliphatic hydroxyl groups excluding tert-OH is 3. The van der Waals surface area contributed by atoms with Crippen LogP contribution in [0.4, 0.5) is 11.6 Å². The molecule has 21 heteroatoms. The van der Waals surface area contributed by atoms with Gasteiger partial charge in [-0.15, -0.1) is 37.2 Å². The molecule has 2 aliphatic rings. The molecular formula is C25H42Cl3N7O11. The number of aliphatic hydroxyl groups is 5. The zero-order valence-electron chi connectivity index (χ0n) is 25.3. The Balaban J connectivity index is 0.000000862. The molecule has 0 radical (unpaired) electrons. The first-order valence-electron chi connectivity index (χ1n) is 13.3. The van der Waals surface area contributed by atoms with Crippen LogP contribution in [0.5, 0.6) is 0 Å². The van der Waals surface area contributed by atoms with E-state index >= 15 is 0 Å². The highest BCUT2D eigenvalue weighted by atomic mass is 35.5. The van der Waals surface area contributed by atoms with Gasteiger partial charge in [-0.25, -0.2) is 9.59 Å². The number of halogens is 3. The number of hydrogen-bond donors (Lipinski definition) is 8. The van der Waals surface area contributed by atoms with Crippen molar-refractivity contribution in [3.05, 3.63) is 45.5 Å². The average Bonchev–Trinajstić information content (AvgIpc) is 3.31. The SMILES string of the molecule is CC(C)C(N)C(=O)OC1[C@@H](CO)O[C@@H](n2ccc(N)nc2=O)[C@@]1(C)O.C[C@]1(O)C(O)[C@@H](CO)O[C@H]1n1ccc(N)nc1=O.Cl.Cl.Cl. The summed E-state index contributed by atoms with van der Waals surface area (Å²) >= 11 is 0. The number of carbonyl (C=O) groups excluding carboxylic acids is 1. The molecule has 2 aromatic rings. The van der Waals surface area contributed by atoms with Gasteiger partial charge in [0.2, 0.25) is 0 Å². The number of nitrogen functional groups attached to an aromatic ring is 2. The van der Waals surface area contributed by atoms with Gasteiger partial charge >= 0.3 is 17.3 Å². The van der Waals surface area contributed by atoms with Gasteiger partial charge in [-0.05, 0) is 31.9 Å². The van der Waals surface area contributed by atoms with Gasteiger partial charge in [0.05, 0.1) is 13.2 Å². The molecule has 46 heavy (non-hydrogen) atoms. The summed E-state index contributed by atoms with van der Waals surface area (Å²) in [7, 11) is 0. The molecule has 9 atom stereocenters. The number of ether oxygens (including phenoxy) is 3. The lowest BCUT2D eigenvalue weighted by atomic mass is 9.95. The second-order valence-corrected chi connectivity index (χ2v) is 11.0. The van der Waals surface area contributed by atoms with E-state index in [2.05, 4.69) is 9.97 Å². The maximum Gasteiger partial charge on any atom is 0.351 e. The van der Waals surface area contributed by atoms with Gasteiger partial charge in [0, 0.05) is 12.4 Å². The van der Waals surface area contributed by atoms with Crippen molar-refractivity contribution in [2.45, 2.75) is 81.8 Å². The van der Waals surface area contributed by atoms with Gasteiger partial charge < -0.3 is 56.9 Å². The van der Waals surface area contributed by atoms with Gasteiger partial charge in [0.1, 0.15) is 47.2 Å². The normalized spacial score (nSPS) is 30.6. The maximum absolute atomic E-state index is 12.2. The topological polar surface area (TPSA) is 294 Å². The third-order valence-corrected chi connectivity index (χ3v) is 7.27. The van der Waals surface area contributed by atoms with Crippen molar-refractivity contribution in [1.82, 2.24) is 19.1 Å². The quantitative estimate of drug-likeness (QED) is 0.137. The monoisotopic (exact) mass is 721 g/mol. The number of nitrogens with two attached hydrogens (primary N) is 3. The van der Waals surface area contributed by atoms with Gasteiger partial charge in [0.25, 0.3) is 0 Å². The van der Waals surface area contributed by atoms with Crippen LogP contribution in [-0.4, -0.2) is 105 Å². The standard InChI is InChI=1S/C15H24N4O6.C10H15N3O5.3ClH/c1-7(2)10(17)12(21)25-11-8(6-20)24-13(15(11,3)23)19-5-4-9(16)18-14(19)22;1-10(17)7(15)5(4-14)18-8(10)13-3-2-6(11)12-9(13)16;;;/h4-5,7-8,10-11,13,20,23H,6,17H2,1-3H3,(H2,16,18,22);2-3,5,7-8,14-15,17H,4H2,1H3,(H2,11,12,16);3*1H/t8-,10?,11?,13-,15+;5-,7?,8-,10+;;;/m11.../s1. The number of esters is 1. The number of hydrogen-bond acceptors (Lipinski definition) is 16. The lowest BCUT2D eigenvalue weighted by Crippen LogP contribution is -2.51. The Labute approximate surface area is 281 Å². The first-order chi connectivity index (χ1) is 20.0. The van der Waals surface area contributed by atoms with Crippen molar-refractivity contribution in [2.75, 3.05) is 24.7 Å². The molecule has 0 aromatic carbocycles. The molecule has 3 unspecified atom stereocenters. The van der Waals surface area contributed by atoms with Gasteiger partial charge in [-0.2, -0.15) is 9.97 Å². The number of rotatable bonds is 7. The van der Waals surface area contributed by atoms with E-state index in [1.54, 1.807) is 13.8 Å². The Morgan fingerprint density at radius 3 is 1.70 bits per heavy atom.